The quantitative estimate of drug-likeness (QED) is 0.928. The van der Waals surface area contributed by atoms with E-state index in [0.717, 1.165) is 31.6 Å². The molecular formula is C17H25N3O2. The van der Waals surface area contributed by atoms with Gasteiger partial charge in [0.05, 0.1) is 6.54 Å². The largest absolute Gasteiger partial charge is 0.339 e. The number of likely N-dealkylation sites (N-methyl/N-ethyl adjacent to an activating group) is 1. The van der Waals surface area contributed by atoms with Crippen LogP contribution in [-0.4, -0.2) is 55.3 Å². The van der Waals surface area contributed by atoms with Gasteiger partial charge in [0.2, 0.25) is 5.91 Å². The minimum Gasteiger partial charge on any atom is -0.339 e. The van der Waals surface area contributed by atoms with Crippen molar-refractivity contribution in [3.8, 4) is 0 Å². The van der Waals surface area contributed by atoms with E-state index in [0.29, 0.717) is 12.1 Å². The van der Waals surface area contributed by atoms with Crippen molar-refractivity contribution in [2.75, 3.05) is 39.0 Å². The smallest absolute Gasteiger partial charge is 0.253 e. The summed E-state index contributed by atoms with van der Waals surface area (Å²) in [5, 5.41) is 2.82. The molecule has 5 nitrogen and oxygen atoms in total. The zero-order chi connectivity index (χ0) is 15.9. The van der Waals surface area contributed by atoms with Crippen LogP contribution in [0.15, 0.2) is 24.3 Å². The molecule has 120 valence electrons. The Morgan fingerprint density at radius 3 is 2.18 bits per heavy atom. The Bertz CT molecular complexity index is 503. The van der Waals surface area contributed by atoms with Crippen LogP contribution in [0.1, 0.15) is 36.0 Å². The average Bonchev–Trinajstić information content (AvgIpc) is 2.75. The van der Waals surface area contributed by atoms with Gasteiger partial charge in [-0.3, -0.25) is 9.59 Å². The van der Waals surface area contributed by atoms with E-state index >= 15 is 0 Å². The molecule has 22 heavy (non-hydrogen) atoms. The van der Waals surface area contributed by atoms with Gasteiger partial charge in [-0.25, -0.2) is 0 Å². The van der Waals surface area contributed by atoms with E-state index in [1.807, 2.05) is 23.9 Å². The first-order chi connectivity index (χ1) is 10.6. The van der Waals surface area contributed by atoms with E-state index in [1.54, 1.807) is 24.3 Å². The lowest BCUT2D eigenvalue weighted by Gasteiger charge is -2.20. The predicted octanol–water partition coefficient (Wildman–Crippen LogP) is 2.20. The first-order valence-electron chi connectivity index (χ1n) is 7.90. The summed E-state index contributed by atoms with van der Waals surface area (Å²) in [5.74, 6) is 0.0321. The molecule has 2 rings (SSSR count). The van der Waals surface area contributed by atoms with Crippen LogP contribution in [-0.2, 0) is 4.79 Å². The maximum absolute atomic E-state index is 12.5. The summed E-state index contributed by atoms with van der Waals surface area (Å²) in [7, 11) is 3.70. The molecule has 1 saturated heterocycles. The van der Waals surface area contributed by atoms with Crippen LogP contribution >= 0.6 is 0 Å². The third-order valence-corrected chi connectivity index (χ3v) is 3.77. The van der Waals surface area contributed by atoms with Gasteiger partial charge in [0.25, 0.3) is 5.91 Å². The van der Waals surface area contributed by atoms with Crippen LogP contribution in [0.5, 0.6) is 0 Å². The number of carbonyl (C=O) groups is 2. The van der Waals surface area contributed by atoms with Crippen LogP contribution in [0.4, 0.5) is 5.69 Å². The highest BCUT2D eigenvalue weighted by Gasteiger charge is 2.17. The molecule has 1 N–H and O–H groups in total. The molecule has 2 amide bonds. The van der Waals surface area contributed by atoms with Crippen molar-refractivity contribution >= 4 is 17.5 Å². The number of benzene rings is 1. The van der Waals surface area contributed by atoms with Gasteiger partial charge in [-0.05, 0) is 51.2 Å². The number of likely N-dealkylation sites (tertiary alicyclic amines) is 1. The van der Waals surface area contributed by atoms with E-state index in [1.165, 1.54) is 12.8 Å². The highest BCUT2D eigenvalue weighted by atomic mass is 16.2. The Morgan fingerprint density at radius 2 is 1.64 bits per heavy atom. The molecule has 1 aliphatic rings. The highest BCUT2D eigenvalue weighted by Crippen LogP contribution is 2.15. The normalized spacial score (nSPS) is 15.5. The SMILES string of the molecule is CN(C)CC(=O)Nc1ccc(C(=O)N2CCCCCC2)cc1. The number of carbonyl (C=O) groups excluding carboxylic acids is 2. The molecule has 0 aromatic heterocycles. The Labute approximate surface area is 132 Å². The van der Waals surface area contributed by atoms with E-state index in [4.69, 9.17) is 0 Å². The molecule has 0 spiro atoms. The molecule has 0 unspecified atom stereocenters. The molecule has 1 heterocycles. The van der Waals surface area contributed by atoms with Crippen LogP contribution in [0.25, 0.3) is 0 Å². The maximum atomic E-state index is 12.5. The van der Waals surface area contributed by atoms with E-state index < -0.39 is 0 Å². The number of rotatable bonds is 4. The van der Waals surface area contributed by atoms with Crippen molar-refractivity contribution in [3.05, 3.63) is 29.8 Å². The van der Waals surface area contributed by atoms with Crippen molar-refractivity contribution in [2.24, 2.45) is 0 Å². The fourth-order valence-corrected chi connectivity index (χ4v) is 2.64. The summed E-state index contributed by atoms with van der Waals surface area (Å²) in [4.78, 5) is 27.9. The Morgan fingerprint density at radius 1 is 1.05 bits per heavy atom. The molecule has 1 aliphatic heterocycles. The second-order valence-corrected chi connectivity index (χ2v) is 6.07. The van der Waals surface area contributed by atoms with Crippen molar-refractivity contribution < 1.29 is 9.59 Å². The van der Waals surface area contributed by atoms with Gasteiger partial charge in [0, 0.05) is 24.3 Å². The Kier molecular flexibility index (Phi) is 5.95. The molecule has 0 bridgehead atoms. The number of nitrogens with zero attached hydrogens (tertiary/aromatic N) is 2. The number of hydrogen-bond donors (Lipinski definition) is 1. The van der Waals surface area contributed by atoms with Crippen LogP contribution in [0.2, 0.25) is 0 Å². The fourth-order valence-electron chi connectivity index (χ4n) is 2.64. The Balaban J connectivity index is 1.95. The number of anilines is 1. The van der Waals surface area contributed by atoms with Gasteiger partial charge in [-0.2, -0.15) is 0 Å². The fraction of sp³-hybridized carbons (Fsp3) is 0.529. The van der Waals surface area contributed by atoms with Gasteiger partial charge in [0.1, 0.15) is 0 Å². The summed E-state index contributed by atoms with van der Waals surface area (Å²) in [6.07, 6.45) is 4.59. The summed E-state index contributed by atoms with van der Waals surface area (Å²) in [6, 6.07) is 7.16. The van der Waals surface area contributed by atoms with Gasteiger partial charge in [-0.1, -0.05) is 12.8 Å². The molecule has 0 atom stereocenters. The average molecular weight is 303 g/mol. The minimum atomic E-state index is -0.0587. The zero-order valence-corrected chi connectivity index (χ0v) is 13.5. The van der Waals surface area contributed by atoms with Crippen molar-refractivity contribution in [1.29, 1.82) is 0 Å². The molecule has 0 radical (unpaired) electrons. The molecule has 1 aromatic carbocycles. The zero-order valence-electron chi connectivity index (χ0n) is 13.5. The summed E-state index contributed by atoms with van der Waals surface area (Å²) in [6.45, 7) is 2.04. The lowest BCUT2D eigenvalue weighted by atomic mass is 10.1. The standard InChI is InChI=1S/C17H25N3O2/c1-19(2)13-16(21)18-15-9-7-14(8-10-15)17(22)20-11-5-3-4-6-12-20/h7-10H,3-6,11-13H2,1-2H3,(H,18,21). The molecule has 5 heteroatoms. The van der Waals surface area contributed by atoms with E-state index in [-0.39, 0.29) is 11.8 Å². The molecule has 1 aromatic rings. The topological polar surface area (TPSA) is 52.7 Å². The van der Waals surface area contributed by atoms with Crippen molar-refractivity contribution in [1.82, 2.24) is 9.80 Å². The first-order valence-corrected chi connectivity index (χ1v) is 7.90. The van der Waals surface area contributed by atoms with Crippen molar-refractivity contribution in [2.45, 2.75) is 25.7 Å². The van der Waals surface area contributed by atoms with Crippen LogP contribution in [0, 0.1) is 0 Å². The first kappa shape index (κ1) is 16.5. The minimum absolute atomic E-state index is 0.0587. The Hall–Kier alpha value is -1.88. The third-order valence-electron chi connectivity index (χ3n) is 3.77. The number of hydrogen-bond acceptors (Lipinski definition) is 3. The van der Waals surface area contributed by atoms with Gasteiger partial charge >= 0.3 is 0 Å². The van der Waals surface area contributed by atoms with E-state index in [2.05, 4.69) is 5.32 Å². The molecular weight excluding hydrogens is 278 g/mol. The summed E-state index contributed by atoms with van der Waals surface area (Å²) < 4.78 is 0. The second-order valence-electron chi connectivity index (χ2n) is 6.07. The monoisotopic (exact) mass is 303 g/mol. The highest BCUT2D eigenvalue weighted by molar-refractivity contribution is 5.96. The van der Waals surface area contributed by atoms with Gasteiger partial charge in [0.15, 0.2) is 0 Å². The van der Waals surface area contributed by atoms with Crippen LogP contribution < -0.4 is 5.32 Å². The maximum Gasteiger partial charge on any atom is 0.253 e. The number of amides is 2. The molecule has 1 fully saturated rings. The lowest BCUT2D eigenvalue weighted by molar-refractivity contribution is -0.116. The van der Waals surface area contributed by atoms with Crippen molar-refractivity contribution in [3.63, 3.8) is 0 Å². The van der Waals surface area contributed by atoms with E-state index in [9.17, 15) is 9.59 Å². The predicted molar refractivity (Wildman–Crippen MR) is 88.0 cm³/mol. The number of nitrogens with one attached hydrogen (secondary N) is 1. The molecule has 0 aliphatic carbocycles. The second kappa shape index (κ2) is 7.94. The van der Waals surface area contributed by atoms with Gasteiger partial charge < -0.3 is 15.1 Å². The van der Waals surface area contributed by atoms with Gasteiger partial charge in [-0.15, -0.1) is 0 Å². The summed E-state index contributed by atoms with van der Waals surface area (Å²) >= 11 is 0. The van der Waals surface area contributed by atoms with Crippen LogP contribution in [0.3, 0.4) is 0 Å². The molecule has 0 saturated carbocycles. The summed E-state index contributed by atoms with van der Waals surface area (Å²) in [5.41, 5.74) is 1.41. The third kappa shape index (κ3) is 4.84. The lowest BCUT2D eigenvalue weighted by Crippen LogP contribution is -2.31.